The lowest BCUT2D eigenvalue weighted by atomic mass is 10.0. The molecule has 0 spiro atoms. The second-order valence-electron chi connectivity index (χ2n) is 14.4. The number of rotatable bonds is 39. The summed E-state index contributed by atoms with van der Waals surface area (Å²) in [5.41, 5.74) is 0. The smallest absolute Gasteiger partial charge is 0.306 e. The lowest BCUT2D eigenvalue weighted by Crippen LogP contribution is -2.28. The van der Waals surface area contributed by atoms with Crippen LogP contribution in [0.1, 0.15) is 226 Å². The minimum atomic E-state index is -0.769. The van der Waals surface area contributed by atoms with Crippen molar-refractivity contribution in [1.82, 2.24) is 0 Å². The Labute approximate surface area is 304 Å². The van der Waals surface area contributed by atoms with Crippen LogP contribution in [0.2, 0.25) is 0 Å². The van der Waals surface area contributed by atoms with Gasteiger partial charge in [0, 0.05) is 12.8 Å². The van der Waals surface area contributed by atoms with Crippen molar-refractivity contribution >= 4 is 11.9 Å². The number of aliphatic hydroxyl groups is 1. The van der Waals surface area contributed by atoms with Gasteiger partial charge in [0.25, 0.3) is 0 Å². The largest absolute Gasteiger partial charge is 0.462 e. The summed E-state index contributed by atoms with van der Waals surface area (Å²) in [5.74, 6) is -0.585. The Balaban J connectivity index is 3.51. The summed E-state index contributed by atoms with van der Waals surface area (Å²) < 4.78 is 10.6. The number of carbonyl (C=O) groups is 2. The van der Waals surface area contributed by atoms with Gasteiger partial charge in [-0.2, -0.15) is 0 Å². The van der Waals surface area contributed by atoms with Gasteiger partial charge < -0.3 is 14.6 Å². The number of aliphatic hydroxyl groups excluding tert-OH is 1. The number of carbonyl (C=O) groups excluding carboxylic acids is 2. The van der Waals surface area contributed by atoms with E-state index in [0.29, 0.717) is 12.8 Å². The maximum Gasteiger partial charge on any atom is 0.306 e. The first-order valence-corrected chi connectivity index (χ1v) is 21.4. The third kappa shape index (κ3) is 39.0. The number of unbranched alkanes of at least 4 members (excludes halogenated alkanes) is 27. The number of esters is 2. The highest BCUT2D eigenvalue weighted by atomic mass is 16.6. The van der Waals surface area contributed by atoms with Crippen molar-refractivity contribution in [1.29, 1.82) is 0 Å². The van der Waals surface area contributed by atoms with Crippen molar-refractivity contribution in [2.75, 3.05) is 13.2 Å². The molecule has 0 aliphatic heterocycles. The van der Waals surface area contributed by atoms with Crippen LogP contribution in [0.15, 0.2) is 24.3 Å². The number of hydrogen-bond acceptors (Lipinski definition) is 5. The van der Waals surface area contributed by atoms with E-state index in [4.69, 9.17) is 9.47 Å². The highest BCUT2D eigenvalue weighted by molar-refractivity contribution is 5.70. The first kappa shape index (κ1) is 47.4. The molecule has 49 heavy (non-hydrogen) atoms. The average Bonchev–Trinajstić information content (AvgIpc) is 3.10. The third-order valence-electron chi connectivity index (χ3n) is 9.50. The zero-order chi connectivity index (χ0) is 35.7. The van der Waals surface area contributed by atoms with Crippen LogP contribution in [0.3, 0.4) is 0 Å². The summed E-state index contributed by atoms with van der Waals surface area (Å²) in [4.78, 5) is 24.3. The Hall–Kier alpha value is -1.62. The van der Waals surface area contributed by atoms with Crippen molar-refractivity contribution in [2.45, 2.75) is 232 Å². The van der Waals surface area contributed by atoms with Gasteiger partial charge >= 0.3 is 11.9 Å². The first-order valence-electron chi connectivity index (χ1n) is 21.4. The van der Waals surface area contributed by atoms with Gasteiger partial charge in [-0.3, -0.25) is 9.59 Å². The molecular formula is C44H82O5. The molecular weight excluding hydrogens is 608 g/mol. The van der Waals surface area contributed by atoms with E-state index < -0.39 is 6.10 Å². The van der Waals surface area contributed by atoms with Crippen molar-refractivity contribution < 1.29 is 24.2 Å². The molecule has 0 saturated carbocycles. The maximum absolute atomic E-state index is 12.2. The van der Waals surface area contributed by atoms with E-state index >= 15 is 0 Å². The molecule has 288 valence electrons. The lowest BCUT2D eigenvalue weighted by molar-refractivity contribution is -0.161. The zero-order valence-corrected chi connectivity index (χ0v) is 32.7. The molecule has 0 saturated heterocycles. The van der Waals surface area contributed by atoms with Crippen LogP contribution in [0.25, 0.3) is 0 Å². The van der Waals surface area contributed by atoms with Gasteiger partial charge in [0.2, 0.25) is 0 Å². The molecule has 1 atom stereocenters. The SMILES string of the molecule is CCCCC/C=C\C/C=C\CCCCCCCCCCCC(=O)OC(CO)COC(=O)CCCCCCCCCCCCCCCCCC. The molecule has 5 nitrogen and oxygen atoms in total. The Morgan fingerprint density at radius 1 is 0.469 bits per heavy atom. The number of hydrogen-bond donors (Lipinski definition) is 1. The highest BCUT2D eigenvalue weighted by Gasteiger charge is 2.16. The van der Waals surface area contributed by atoms with E-state index in [1.165, 1.54) is 154 Å². The molecule has 0 fully saturated rings. The summed E-state index contributed by atoms with van der Waals surface area (Å²) >= 11 is 0. The minimum absolute atomic E-state index is 0.0627. The molecule has 0 aromatic heterocycles. The molecule has 0 rings (SSSR count). The molecule has 1 N–H and O–H groups in total. The highest BCUT2D eigenvalue weighted by Crippen LogP contribution is 2.15. The van der Waals surface area contributed by atoms with Gasteiger partial charge in [-0.05, 0) is 44.9 Å². The summed E-state index contributed by atoms with van der Waals surface area (Å²) in [5, 5.41) is 9.57. The quantitative estimate of drug-likeness (QED) is 0.0395. The second-order valence-corrected chi connectivity index (χ2v) is 14.4. The van der Waals surface area contributed by atoms with Crippen molar-refractivity contribution in [3.8, 4) is 0 Å². The van der Waals surface area contributed by atoms with Crippen molar-refractivity contribution in [3.63, 3.8) is 0 Å². The lowest BCUT2D eigenvalue weighted by Gasteiger charge is -2.15. The van der Waals surface area contributed by atoms with Crippen LogP contribution in [-0.2, 0) is 19.1 Å². The van der Waals surface area contributed by atoms with Crippen molar-refractivity contribution in [2.24, 2.45) is 0 Å². The van der Waals surface area contributed by atoms with Crippen LogP contribution in [0.5, 0.6) is 0 Å². The molecule has 0 heterocycles. The van der Waals surface area contributed by atoms with Gasteiger partial charge in [0.15, 0.2) is 6.10 Å². The Kier molecular flexibility index (Phi) is 39.5. The molecule has 0 amide bonds. The third-order valence-corrected chi connectivity index (χ3v) is 9.50. The van der Waals surface area contributed by atoms with E-state index in [1.807, 2.05) is 0 Å². The van der Waals surface area contributed by atoms with E-state index in [1.54, 1.807) is 0 Å². The summed E-state index contributed by atoms with van der Waals surface area (Å²) in [6, 6.07) is 0. The predicted octanol–water partition coefficient (Wildman–Crippen LogP) is 13.5. The number of allylic oxidation sites excluding steroid dienone is 4. The van der Waals surface area contributed by atoms with Gasteiger partial charge in [-0.15, -0.1) is 0 Å². The van der Waals surface area contributed by atoms with Crippen LogP contribution >= 0.6 is 0 Å². The summed E-state index contributed by atoms with van der Waals surface area (Å²) in [6.45, 7) is 4.13. The topological polar surface area (TPSA) is 72.8 Å². The van der Waals surface area contributed by atoms with Crippen molar-refractivity contribution in [3.05, 3.63) is 24.3 Å². The maximum atomic E-state index is 12.2. The molecule has 1 unspecified atom stereocenters. The molecule has 0 aromatic carbocycles. The van der Waals surface area contributed by atoms with Crippen LogP contribution in [0, 0.1) is 0 Å². The monoisotopic (exact) mass is 691 g/mol. The van der Waals surface area contributed by atoms with Crippen LogP contribution in [-0.4, -0.2) is 36.4 Å². The zero-order valence-electron chi connectivity index (χ0n) is 32.7. The molecule has 0 aliphatic carbocycles. The molecule has 0 bridgehead atoms. The summed E-state index contributed by atoms with van der Waals surface area (Å²) in [6.07, 6.45) is 48.1. The van der Waals surface area contributed by atoms with Gasteiger partial charge in [0.1, 0.15) is 6.61 Å². The fourth-order valence-electron chi connectivity index (χ4n) is 6.23. The van der Waals surface area contributed by atoms with Gasteiger partial charge in [0.05, 0.1) is 6.61 Å². The van der Waals surface area contributed by atoms with E-state index in [9.17, 15) is 14.7 Å². The molecule has 0 aliphatic rings. The molecule has 0 aromatic rings. The number of ether oxygens (including phenoxy) is 2. The Morgan fingerprint density at radius 2 is 0.816 bits per heavy atom. The molecule has 0 radical (unpaired) electrons. The van der Waals surface area contributed by atoms with E-state index in [0.717, 1.165) is 44.9 Å². The predicted molar refractivity (Wildman–Crippen MR) is 210 cm³/mol. The van der Waals surface area contributed by atoms with E-state index in [-0.39, 0.29) is 25.2 Å². The van der Waals surface area contributed by atoms with E-state index in [2.05, 4.69) is 38.2 Å². The summed E-state index contributed by atoms with van der Waals surface area (Å²) in [7, 11) is 0. The van der Waals surface area contributed by atoms with Crippen LogP contribution in [0.4, 0.5) is 0 Å². The van der Waals surface area contributed by atoms with Crippen LogP contribution < -0.4 is 0 Å². The Bertz CT molecular complexity index is 746. The van der Waals surface area contributed by atoms with Gasteiger partial charge in [-0.1, -0.05) is 192 Å². The average molecular weight is 691 g/mol. The fraction of sp³-hybridized carbons (Fsp3) is 0.864. The standard InChI is InChI=1S/C44H82O5/c1-3-5-7-9-11-13-15-17-19-21-22-23-25-27-29-31-33-35-37-39-44(47)49-42(40-45)41-48-43(46)38-36-34-32-30-28-26-24-20-18-16-14-12-10-8-6-4-2/h11,13,17,19,42,45H,3-10,12,14-16,18,20-41H2,1-2H3/b13-11-,19-17-. The molecule has 5 heteroatoms. The minimum Gasteiger partial charge on any atom is -0.462 e. The first-order chi connectivity index (χ1) is 24.1. The second kappa shape index (κ2) is 40.8. The normalized spacial score (nSPS) is 12.3. The van der Waals surface area contributed by atoms with Gasteiger partial charge in [-0.25, -0.2) is 0 Å². The Morgan fingerprint density at radius 3 is 1.24 bits per heavy atom. The fourth-order valence-corrected chi connectivity index (χ4v) is 6.23.